The van der Waals surface area contributed by atoms with E-state index in [0.717, 1.165) is 31.4 Å². The van der Waals surface area contributed by atoms with Gasteiger partial charge in [0.2, 0.25) is 0 Å². The molecule has 5 aromatic carbocycles. The van der Waals surface area contributed by atoms with Crippen LogP contribution >= 0.6 is 0 Å². The molecule has 0 aliphatic heterocycles. The zero-order valence-electron chi connectivity index (χ0n) is 29.2. The summed E-state index contributed by atoms with van der Waals surface area (Å²) in [5.74, 6) is 0.585. The van der Waals surface area contributed by atoms with Crippen LogP contribution in [0.15, 0.2) is 176 Å². The van der Waals surface area contributed by atoms with Crippen molar-refractivity contribution in [1.82, 2.24) is 4.98 Å². The summed E-state index contributed by atoms with van der Waals surface area (Å²) >= 11 is 0. The molecule has 0 fully saturated rings. The number of benzene rings is 5. The first-order valence-electron chi connectivity index (χ1n) is 18.7. The molecule has 0 saturated heterocycles. The van der Waals surface area contributed by atoms with E-state index in [2.05, 4.69) is 170 Å². The van der Waals surface area contributed by atoms with Crippen LogP contribution in [0.3, 0.4) is 0 Å². The molecule has 10 rings (SSSR count). The summed E-state index contributed by atoms with van der Waals surface area (Å²) in [7, 11) is 0. The van der Waals surface area contributed by atoms with E-state index in [9.17, 15) is 0 Å². The van der Waals surface area contributed by atoms with E-state index in [0.29, 0.717) is 11.8 Å². The van der Waals surface area contributed by atoms with Crippen molar-refractivity contribution in [2.45, 2.75) is 25.7 Å². The number of hydrogen-bond acceptors (Lipinski definition) is 1. The van der Waals surface area contributed by atoms with Gasteiger partial charge in [-0.3, -0.25) is 4.98 Å². The van der Waals surface area contributed by atoms with Crippen LogP contribution in [0.1, 0.15) is 31.2 Å². The lowest BCUT2D eigenvalue weighted by Crippen LogP contribution is -2.42. The van der Waals surface area contributed by atoms with Crippen LogP contribution in [0, 0.1) is 11.8 Å². The Morgan fingerprint density at radius 2 is 1.19 bits per heavy atom. The number of aromatic nitrogens is 1. The summed E-state index contributed by atoms with van der Waals surface area (Å²) < 4.78 is 0. The normalized spacial score (nSPS) is 19.0. The summed E-state index contributed by atoms with van der Waals surface area (Å²) in [5.41, 5.74) is 13.4. The molecule has 0 N–H and O–H groups in total. The third-order valence-electron chi connectivity index (χ3n) is 11.6. The first-order valence-corrected chi connectivity index (χ1v) is 18.7. The molecule has 248 valence electrons. The summed E-state index contributed by atoms with van der Waals surface area (Å²) in [4.78, 5) is 4.92. The molecular formula is C51H39N. The minimum atomic E-state index is 0.292. The number of fused-ring (bicyclic) bond motifs is 4. The molecular weight excluding hydrogens is 627 g/mol. The lowest BCUT2D eigenvalue weighted by molar-refractivity contribution is 0.681. The standard InChI is InChI=1S/C51H39N/c1-2-14-35(15-3-1)40-21-10-23-43-42(40)22-11-24-44(43)50-47-19-8-6-17-45(47)49(46-18-7-9-20-48(46)50)37-29-27-36(28-30-37)41-25-12-32-52-51(41)39-31-26-34-13-4-5-16-38(34)33-39/h1-10,12-23,25-27,29,31-33,45,47H,11,24,28,30H2. The molecule has 4 aliphatic carbocycles. The molecule has 0 bridgehead atoms. The van der Waals surface area contributed by atoms with Gasteiger partial charge in [0, 0.05) is 29.2 Å². The van der Waals surface area contributed by atoms with Crippen LogP contribution < -0.4 is 20.9 Å². The smallest absolute Gasteiger partial charge is 0.0777 e. The largest absolute Gasteiger partial charge is 0.256 e. The maximum atomic E-state index is 4.92. The number of hydrogen-bond donors (Lipinski definition) is 0. The van der Waals surface area contributed by atoms with Gasteiger partial charge in [0.25, 0.3) is 0 Å². The first-order chi connectivity index (χ1) is 25.8. The van der Waals surface area contributed by atoms with Gasteiger partial charge in [-0.05, 0) is 108 Å². The van der Waals surface area contributed by atoms with Crippen LogP contribution in [0.2, 0.25) is 0 Å². The monoisotopic (exact) mass is 665 g/mol. The molecule has 1 heterocycles. The van der Waals surface area contributed by atoms with Crippen molar-refractivity contribution in [3.05, 3.63) is 202 Å². The van der Waals surface area contributed by atoms with Crippen molar-refractivity contribution in [3.8, 4) is 22.4 Å². The number of allylic oxidation sites excluding steroid dienone is 8. The van der Waals surface area contributed by atoms with Crippen LogP contribution in [0.25, 0.3) is 61.5 Å². The van der Waals surface area contributed by atoms with Gasteiger partial charge in [0.1, 0.15) is 0 Å². The molecule has 4 aliphatic rings. The highest BCUT2D eigenvalue weighted by molar-refractivity contribution is 5.95. The summed E-state index contributed by atoms with van der Waals surface area (Å²) in [6.45, 7) is 0. The Hall–Kier alpha value is -6.05. The molecule has 0 spiro atoms. The molecule has 52 heavy (non-hydrogen) atoms. The highest BCUT2D eigenvalue weighted by Crippen LogP contribution is 2.44. The molecule has 1 heteroatoms. The Kier molecular flexibility index (Phi) is 7.64. The van der Waals surface area contributed by atoms with E-state index in [1.807, 2.05) is 6.20 Å². The Morgan fingerprint density at radius 1 is 0.500 bits per heavy atom. The quantitative estimate of drug-likeness (QED) is 0.179. The molecule has 2 unspecified atom stereocenters. The van der Waals surface area contributed by atoms with Gasteiger partial charge in [-0.1, -0.05) is 158 Å². The Balaban J connectivity index is 1.14. The molecule has 6 aromatic rings. The van der Waals surface area contributed by atoms with Crippen molar-refractivity contribution in [2.24, 2.45) is 11.8 Å². The fraction of sp³-hybridized carbons (Fsp3) is 0.118. The molecule has 0 amide bonds. The van der Waals surface area contributed by atoms with Gasteiger partial charge in [-0.25, -0.2) is 0 Å². The van der Waals surface area contributed by atoms with Gasteiger partial charge in [-0.2, -0.15) is 0 Å². The van der Waals surface area contributed by atoms with Gasteiger partial charge in [-0.15, -0.1) is 0 Å². The van der Waals surface area contributed by atoms with Crippen molar-refractivity contribution >= 4 is 39.1 Å². The second-order valence-corrected chi connectivity index (χ2v) is 14.4. The maximum absolute atomic E-state index is 4.92. The van der Waals surface area contributed by atoms with Gasteiger partial charge in [0.15, 0.2) is 0 Å². The Morgan fingerprint density at radius 3 is 2.02 bits per heavy atom. The van der Waals surface area contributed by atoms with Crippen molar-refractivity contribution in [1.29, 1.82) is 0 Å². The van der Waals surface area contributed by atoms with E-state index in [1.165, 1.54) is 81.8 Å². The molecule has 1 aromatic heterocycles. The fourth-order valence-electron chi connectivity index (χ4n) is 9.23. The third-order valence-corrected chi connectivity index (χ3v) is 11.6. The maximum Gasteiger partial charge on any atom is 0.0777 e. The zero-order chi connectivity index (χ0) is 34.4. The second-order valence-electron chi connectivity index (χ2n) is 14.4. The molecule has 2 atom stereocenters. The Labute approximate surface area is 305 Å². The van der Waals surface area contributed by atoms with E-state index in [4.69, 9.17) is 4.98 Å². The first kappa shape index (κ1) is 30.7. The molecule has 1 nitrogen and oxygen atoms in total. The van der Waals surface area contributed by atoms with Crippen LogP contribution in [0.4, 0.5) is 0 Å². The lowest BCUT2D eigenvalue weighted by Gasteiger charge is -2.36. The number of nitrogens with zero attached hydrogens (tertiary/aromatic N) is 1. The topological polar surface area (TPSA) is 12.9 Å². The predicted molar refractivity (Wildman–Crippen MR) is 218 cm³/mol. The summed E-state index contributed by atoms with van der Waals surface area (Å²) in [6.07, 6.45) is 22.8. The third kappa shape index (κ3) is 5.19. The SMILES string of the molecule is C1=CC2C(C3=CC=C(c4cccnc4-c4ccc5ccccc5c4)CC3)=c3ccccc3=C(C3=c4cccc(-c5ccccc5)c4=CCC3)C2C=C1. The minimum Gasteiger partial charge on any atom is -0.256 e. The van der Waals surface area contributed by atoms with Crippen molar-refractivity contribution in [2.75, 3.05) is 0 Å². The fourth-order valence-corrected chi connectivity index (χ4v) is 9.23. The van der Waals surface area contributed by atoms with E-state index < -0.39 is 0 Å². The summed E-state index contributed by atoms with van der Waals surface area (Å²) in [6, 6.07) is 46.6. The summed E-state index contributed by atoms with van der Waals surface area (Å²) in [5, 5.41) is 8.06. The van der Waals surface area contributed by atoms with E-state index in [-0.39, 0.29) is 0 Å². The average molecular weight is 666 g/mol. The van der Waals surface area contributed by atoms with Gasteiger partial charge >= 0.3 is 0 Å². The van der Waals surface area contributed by atoms with Crippen LogP contribution in [0.5, 0.6) is 0 Å². The van der Waals surface area contributed by atoms with Crippen molar-refractivity contribution in [3.63, 3.8) is 0 Å². The Bertz CT molecular complexity index is 2790. The minimum absolute atomic E-state index is 0.292. The highest BCUT2D eigenvalue weighted by atomic mass is 14.7. The lowest BCUT2D eigenvalue weighted by atomic mass is 9.67. The zero-order valence-corrected chi connectivity index (χ0v) is 29.2. The van der Waals surface area contributed by atoms with Crippen LogP contribution in [-0.2, 0) is 0 Å². The number of pyridine rings is 1. The predicted octanol–water partition coefficient (Wildman–Crippen LogP) is 9.47. The van der Waals surface area contributed by atoms with E-state index >= 15 is 0 Å². The van der Waals surface area contributed by atoms with Crippen LogP contribution in [-0.4, -0.2) is 4.98 Å². The van der Waals surface area contributed by atoms with Crippen molar-refractivity contribution < 1.29 is 0 Å². The number of rotatable bonds is 5. The average Bonchev–Trinajstić information content (AvgIpc) is 3.22. The molecule has 0 radical (unpaired) electrons. The van der Waals surface area contributed by atoms with Gasteiger partial charge < -0.3 is 0 Å². The highest BCUT2D eigenvalue weighted by Gasteiger charge is 2.34. The second kappa shape index (κ2) is 12.9. The molecule has 0 saturated carbocycles. The van der Waals surface area contributed by atoms with E-state index in [1.54, 1.807) is 0 Å². The van der Waals surface area contributed by atoms with Gasteiger partial charge in [0.05, 0.1) is 5.69 Å².